The monoisotopic (exact) mass is 204 g/mol. The van der Waals surface area contributed by atoms with Gasteiger partial charge >= 0.3 is 0 Å². The Hall–Kier alpha value is -2.04. The Morgan fingerprint density at radius 1 is 1.40 bits per heavy atom. The summed E-state index contributed by atoms with van der Waals surface area (Å²) in [7, 11) is 0. The van der Waals surface area contributed by atoms with Gasteiger partial charge in [-0.15, -0.1) is 0 Å². The number of hydrogen-bond acceptors (Lipinski definition) is 5. The lowest BCUT2D eigenvalue weighted by Gasteiger charge is -2.03. The third-order valence-electron chi connectivity index (χ3n) is 1.95. The Bertz CT molecular complexity index is 413. The largest absolute Gasteiger partial charge is 0.469 e. The van der Waals surface area contributed by atoms with Crippen LogP contribution in [0.2, 0.25) is 0 Å². The van der Waals surface area contributed by atoms with Crippen molar-refractivity contribution >= 4 is 11.6 Å². The molecule has 0 amide bonds. The minimum absolute atomic E-state index is 0.463. The minimum Gasteiger partial charge on any atom is -0.469 e. The summed E-state index contributed by atoms with van der Waals surface area (Å²) in [6.07, 6.45) is 3.92. The Morgan fingerprint density at radius 3 is 3.07 bits per heavy atom. The lowest BCUT2D eigenvalue weighted by atomic mass is 10.3. The summed E-state index contributed by atoms with van der Waals surface area (Å²) in [5.41, 5.74) is 5.52. The second-order valence-electron chi connectivity index (χ2n) is 3.08. The average Bonchev–Trinajstić information content (AvgIpc) is 2.71. The molecule has 0 aliphatic rings. The van der Waals surface area contributed by atoms with Gasteiger partial charge in [-0.3, -0.25) is 0 Å². The lowest BCUT2D eigenvalue weighted by molar-refractivity contribution is 0.513. The van der Waals surface area contributed by atoms with Gasteiger partial charge in [0, 0.05) is 19.0 Å². The zero-order valence-corrected chi connectivity index (χ0v) is 8.18. The van der Waals surface area contributed by atoms with E-state index >= 15 is 0 Å². The van der Waals surface area contributed by atoms with Crippen LogP contribution in [0.5, 0.6) is 0 Å². The number of furan rings is 1. The Kier molecular flexibility index (Phi) is 2.82. The van der Waals surface area contributed by atoms with Crippen molar-refractivity contribution in [1.29, 1.82) is 0 Å². The molecule has 0 spiro atoms. The van der Waals surface area contributed by atoms with Crippen molar-refractivity contribution in [3.8, 4) is 0 Å². The van der Waals surface area contributed by atoms with Gasteiger partial charge in [-0.2, -0.15) is 0 Å². The van der Waals surface area contributed by atoms with Gasteiger partial charge < -0.3 is 15.5 Å². The number of rotatable bonds is 4. The van der Waals surface area contributed by atoms with Gasteiger partial charge in [0.05, 0.1) is 6.26 Å². The van der Waals surface area contributed by atoms with Crippen LogP contribution >= 0.6 is 0 Å². The Balaban J connectivity index is 1.83. The topological polar surface area (TPSA) is 77.0 Å². The van der Waals surface area contributed by atoms with Gasteiger partial charge in [-0.25, -0.2) is 9.97 Å². The summed E-state index contributed by atoms with van der Waals surface area (Å²) >= 11 is 0. The van der Waals surface area contributed by atoms with Gasteiger partial charge in [-0.05, 0) is 12.1 Å². The fraction of sp³-hybridized carbons (Fsp3) is 0.200. The normalized spacial score (nSPS) is 10.1. The Labute approximate surface area is 87.3 Å². The van der Waals surface area contributed by atoms with Crippen LogP contribution < -0.4 is 11.1 Å². The highest BCUT2D eigenvalue weighted by atomic mass is 16.3. The Morgan fingerprint density at radius 2 is 2.33 bits per heavy atom. The molecule has 2 aromatic heterocycles. The van der Waals surface area contributed by atoms with Crippen molar-refractivity contribution in [1.82, 2.24) is 9.97 Å². The first kappa shape index (κ1) is 9.51. The molecular formula is C10H12N4O. The molecule has 0 bridgehead atoms. The van der Waals surface area contributed by atoms with E-state index in [9.17, 15) is 0 Å². The highest BCUT2D eigenvalue weighted by molar-refractivity contribution is 5.43. The first-order valence-electron chi connectivity index (χ1n) is 4.68. The van der Waals surface area contributed by atoms with Crippen molar-refractivity contribution in [2.45, 2.75) is 6.42 Å². The van der Waals surface area contributed by atoms with E-state index in [0.717, 1.165) is 24.5 Å². The van der Waals surface area contributed by atoms with Crippen LogP contribution in [0.1, 0.15) is 5.76 Å². The smallest absolute Gasteiger partial charge is 0.131 e. The van der Waals surface area contributed by atoms with Gasteiger partial charge in [0.25, 0.3) is 0 Å². The van der Waals surface area contributed by atoms with E-state index in [0.29, 0.717) is 5.82 Å². The van der Waals surface area contributed by atoms with Crippen molar-refractivity contribution in [3.63, 3.8) is 0 Å². The first-order chi connectivity index (χ1) is 7.34. The van der Waals surface area contributed by atoms with Crippen LogP contribution in [0.4, 0.5) is 11.6 Å². The van der Waals surface area contributed by atoms with E-state index in [2.05, 4.69) is 15.3 Å². The highest BCUT2D eigenvalue weighted by Crippen LogP contribution is 2.05. The number of nitrogens with one attached hydrogen (secondary N) is 1. The average molecular weight is 204 g/mol. The summed E-state index contributed by atoms with van der Waals surface area (Å²) in [5, 5.41) is 3.13. The molecule has 0 aromatic carbocycles. The van der Waals surface area contributed by atoms with Crippen molar-refractivity contribution in [3.05, 3.63) is 36.5 Å². The second kappa shape index (κ2) is 4.45. The second-order valence-corrected chi connectivity index (χ2v) is 3.08. The molecule has 2 aromatic rings. The van der Waals surface area contributed by atoms with Crippen LogP contribution in [0.25, 0.3) is 0 Å². The molecule has 0 unspecified atom stereocenters. The van der Waals surface area contributed by atoms with Gasteiger partial charge in [-0.1, -0.05) is 0 Å². The van der Waals surface area contributed by atoms with Crippen molar-refractivity contribution < 1.29 is 4.42 Å². The molecule has 0 saturated heterocycles. The van der Waals surface area contributed by atoms with E-state index < -0.39 is 0 Å². The summed E-state index contributed by atoms with van der Waals surface area (Å²) in [6, 6.07) is 5.51. The molecule has 2 rings (SSSR count). The van der Waals surface area contributed by atoms with E-state index in [1.807, 2.05) is 12.1 Å². The number of aromatic nitrogens is 2. The lowest BCUT2D eigenvalue weighted by Crippen LogP contribution is -2.06. The van der Waals surface area contributed by atoms with E-state index in [-0.39, 0.29) is 0 Å². The molecule has 78 valence electrons. The number of nitrogen functional groups attached to an aromatic ring is 1. The predicted molar refractivity (Wildman–Crippen MR) is 57.3 cm³/mol. The standard InChI is InChI=1S/C10H12N4O/c11-9-6-10(14-7-13-9)12-4-3-8-2-1-5-15-8/h1-2,5-7H,3-4H2,(H3,11,12,13,14). The third-order valence-corrected chi connectivity index (χ3v) is 1.95. The fourth-order valence-corrected chi connectivity index (χ4v) is 1.24. The van der Waals surface area contributed by atoms with Crippen molar-refractivity contribution in [2.24, 2.45) is 0 Å². The number of nitrogens with zero attached hydrogens (tertiary/aromatic N) is 2. The summed E-state index contributed by atoms with van der Waals surface area (Å²) in [4.78, 5) is 7.83. The molecule has 2 heterocycles. The first-order valence-corrected chi connectivity index (χ1v) is 4.68. The molecule has 0 atom stereocenters. The van der Waals surface area contributed by atoms with Crippen LogP contribution in [-0.4, -0.2) is 16.5 Å². The maximum atomic E-state index is 5.52. The highest BCUT2D eigenvalue weighted by Gasteiger charge is 1.97. The SMILES string of the molecule is Nc1cc(NCCc2ccco2)ncn1. The van der Waals surface area contributed by atoms with Gasteiger partial charge in [0.15, 0.2) is 0 Å². The number of hydrogen-bond donors (Lipinski definition) is 2. The van der Waals surface area contributed by atoms with Crippen LogP contribution in [-0.2, 0) is 6.42 Å². The van der Waals surface area contributed by atoms with Gasteiger partial charge in [0.1, 0.15) is 23.7 Å². The molecule has 15 heavy (non-hydrogen) atoms. The molecule has 3 N–H and O–H groups in total. The van der Waals surface area contributed by atoms with E-state index in [1.54, 1.807) is 12.3 Å². The van der Waals surface area contributed by atoms with Crippen molar-refractivity contribution in [2.75, 3.05) is 17.6 Å². The van der Waals surface area contributed by atoms with Crippen LogP contribution in [0.15, 0.2) is 35.2 Å². The zero-order chi connectivity index (χ0) is 10.5. The molecule has 0 fully saturated rings. The summed E-state index contributed by atoms with van der Waals surface area (Å²) in [6.45, 7) is 0.754. The van der Waals surface area contributed by atoms with Crippen LogP contribution in [0, 0.1) is 0 Å². The molecule has 0 aliphatic heterocycles. The summed E-state index contributed by atoms with van der Waals surface area (Å²) < 4.78 is 5.20. The number of nitrogens with two attached hydrogens (primary N) is 1. The fourth-order valence-electron chi connectivity index (χ4n) is 1.24. The quantitative estimate of drug-likeness (QED) is 0.785. The maximum Gasteiger partial charge on any atom is 0.131 e. The molecule has 0 aliphatic carbocycles. The molecular weight excluding hydrogens is 192 g/mol. The molecule has 5 nitrogen and oxygen atoms in total. The third kappa shape index (κ3) is 2.70. The van der Waals surface area contributed by atoms with Gasteiger partial charge in [0.2, 0.25) is 0 Å². The molecule has 0 radical (unpaired) electrons. The maximum absolute atomic E-state index is 5.52. The zero-order valence-electron chi connectivity index (χ0n) is 8.18. The predicted octanol–water partition coefficient (Wildman–Crippen LogP) is 1.31. The molecule has 5 heteroatoms. The summed E-state index contributed by atoms with van der Waals surface area (Å²) in [5.74, 6) is 2.14. The number of anilines is 2. The van der Waals surface area contributed by atoms with Crippen LogP contribution in [0.3, 0.4) is 0 Å². The molecule has 0 saturated carbocycles. The van der Waals surface area contributed by atoms with E-state index in [4.69, 9.17) is 10.2 Å². The van der Waals surface area contributed by atoms with E-state index in [1.165, 1.54) is 6.33 Å². The minimum atomic E-state index is 0.463.